The fourth-order valence-electron chi connectivity index (χ4n) is 1.65. The molecule has 20 heavy (non-hydrogen) atoms. The Labute approximate surface area is 124 Å². The minimum Gasteiger partial charge on any atom is -0.309 e. The lowest BCUT2D eigenvalue weighted by Crippen LogP contribution is -2.37. The van der Waals surface area contributed by atoms with E-state index >= 15 is 0 Å². The SMILES string of the molecule is CC(NCc1ccccc1)C(=O)Nc1ccc(S)cn1. The molecule has 1 amide bonds. The molecule has 0 aliphatic carbocycles. The molecule has 1 atom stereocenters. The summed E-state index contributed by atoms with van der Waals surface area (Å²) in [5.41, 5.74) is 1.14. The van der Waals surface area contributed by atoms with Crippen molar-refractivity contribution in [3.63, 3.8) is 0 Å². The molecule has 2 rings (SSSR count). The van der Waals surface area contributed by atoms with Crippen LogP contribution in [0.3, 0.4) is 0 Å². The highest BCUT2D eigenvalue weighted by molar-refractivity contribution is 7.80. The molecule has 2 N–H and O–H groups in total. The molecule has 0 bridgehead atoms. The van der Waals surface area contributed by atoms with Crippen LogP contribution in [0.2, 0.25) is 0 Å². The van der Waals surface area contributed by atoms with Crippen LogP contribution in [-0.2, 0) is 11.3 Å². The molecule has 1 aromatic heterocycles. The predicted molar refractivity (Wildman–Crippen MR) is 82.9 cm³/mol. The molecule has 0 fully saturated rings. The van der Waals surface area contributed by atoms with Crippen molar-refractivity contribution in [3.8, 4) is 0 Å². The Kier molecular flexibility index (Phi) is 5.15. The van der Waals surface area contributed by atoms with Crippen molar-refractivity contribution in [2.45, 2.75) is 24.4 Å². The number of anilines is 1. The number of benzene rings is 1. The summed E-state index contributed by atoms with van der Waals surface area (Å²) < 4.78 is 0. The van der Waals surface area contributed by atoms with Crippen LogP contribution in [0.4, 0.5) is 5.82 Å². The first-order valence-corrected chi connectivity index (χ1v) is 6.83. The second kappa shape index (κ2) is 7.07. The van der Waals surface area contributed by atoms with Gasteiger partial charge in [-0.1, -0.05) is 30.3 Å². The van der Waals surface area contributed by atoms with E-state index < -0.39 is 0 Å². The summed E-state index contributed by atoms with van der Waals surface area (Å²) in [6.07, 6.45) is 1.60. The highest BCUT2D eigenvalue weighted by Gasteiger charge is 2.12. The smallest absolute Gasteiger partial charge is 0.242 e. The van der Waals surface area contributed by atoms with Crippen molar-refractivity contribution in [1.29, 1.82) is 0 Å². The number of thiol groups is 1. The van der Waals surface area contributed by atoms with Gasteiger partial charge in [0.2, 0.25) is 5.91 Å². The molecule has 5 heteroatoms. The summed E-state index contributed by atoms with van der Waals surface area (Å²) >= 11 is 4.15. The van der Waals surface area contributed by atoms with Crippen LogP contribution in [0.5, 0.6) is 0 Å². The Morgan fingerprint density at radius 1 is 1.25 bits per heavy atom. The van der Waals surface area contributed by atoms with E-state index in [4.69, 9.17) is 0 Å². The molecule has 0 saturated carbocycles. The largest absolute Gasteiger partial charge is 0.309 e. The van der Waals surface area contributed by atoms with Gasteiger partial charge in [-0.3, -0.25) is 4.79 Å². The number of carbonyl (C=O) groups is 1. The zero-order valence-electron chi connectivity index (χ0n) is 11.2. The zero-order valence-corrected chi connectivity index (χ0v) is 12.1. The van der Waals surface area contributed by atoms with Crippen LogP contribution in [-0.4, -0.2) is 16.9 Å². The lowest BCUT2D eigenvalue weighted by Gasteiger charge is -2.13. The Morgan fingerprint density at radius 3 is 2.65 bits per heavy atom. The van der Waals surface area contributed by atoms with Gasteiger partial charge < -0.3 is 10.6 Å². The molecule has 0 spiro atoms. The quantitative estimate of drug-likeness (QED) is 0.741. The van der Waals surface area contributed by atoms with Crippen molar-refractivity contribution in [2.75, 3.05) is 5.32 Å². The highest BCUT2D eigenvalue weighted by atomic mass is 32.1. The van der Waals surface area contributed by atoms with E-state index in [2.05, 4.69) is 28.2 Å². The minimum absolute atomic E-state index is 0.111. The number of amides is 1. The maximum atomic E-state index is 12.0. The molecule has 2 aromatic rings. The van der Waals surface area contributed by atoms with Gasteiger partial charge in [-0.25, -0.2) is 4.98 Å². The van der Waals surface area contributed by atoms with Gasteiger partial charge in [0, 0.05) is 17.6 Å². The number of nitrogens with zero attached hydrogens (tertiary/aromatic N) is 1. The predicted octanol–water partition coefficient (Wildman–Crippen LogP) is 2.49. The van der Waals surface area contributed by atoms with Crippen LogP contribution < -0.4 is 10.6 Å². The molecule has 104 valence electrons. The summed E-state index contributed by atoms with van der Waals surface area (Å²) in [5.74, 6) is 0.418. The molecule has 0 aliphatic heterocycles. The maximum absolute atomic E-state index is 12.0. The third-order valence-corrected chi connectivity index (χ3v) is 3.11. The summed E-state index contributed by atoms with van der Waals surface area (Å²) in [6, 6.07) is 13.2. The van der Waals surface area contributed by atoms with Crippen molar-refractivity contribution in [1.82, 2.24) is 10.3 Å². The summed E-state index contributed by atoms with van der Waals surface area (Å²) in [5, 5.41) is 5.93. The molecular formula is C15H17N3OS. The molecule has 4 nitrogen and oxygen atoms in total. The zero-order chi connectivity index (χ0) is 14.4. The van der Waals surface area contributed by atoms with E-state index in [1.165, 1.54) is 0 Å². The standard InChI is InChI=1S/C15H17N3OS/c1-11(16-9-12-5-3-2-4-6-12)15(19)18-14-8-7-13(20)10-17-14/h2-8,10-11,16,20H,9H2,1H3,(H,17,18,19). The van der Waals surface area contributed by atoms with Crippen LogP contribution in [0.15, 0.2) is 53.6 Å². The van der Waals surface area contributed by atoms with Crippen LogP contribution in [0, 0.1) is 0 Å². The number of carbonyl (C=O) groups excluding carboxylic acids is 1. The molecule has 1 aromatic carbocycles. The second-order valence-corrected chi connectivity index (χ2v) is 5.00. The Bertz CT molecular complexity index is 557. The normalized spacial score (nSPS) is 11.9. The first-order chi connectivity index (χ1) is 9.65. The monoisotopic (exact) mass is 287 g/mol. The van der Waals surface area contributed by atoms with Crippen molar-refractivity contribution < 1.29 is 4.79 Å². The molecular weight excluding hydrogens is 270 g/mol. The van der Waals surface area contributed by atoms with Gasteiger partial charge in [0.1, 0.15) is 5.82 Å². The Hall–Kier alpha value is -1.85. The van der Waals surface area contributed by atoms with E-state index in [-0.39, 0.29) is 11.9 Å². The summed E-state index contributed by atoms with van der Waals surface area (Å²) in [4.78, 5) is 16.8. The summed E-state index contributed by atoms with van der Waals surface area (Å²) in [6.45, 7) is 2.48. The number of hydrogen-bond acceptors (Lipinski definition) is 4. The van der Waals surface area contributed by atoms with Crippen molar-refractivity contribution in [3.05, 3.63) is 54.2 Å². The highest BCUT2D eigenvalue weighted by Crippen LogP contribution is 2.08. The lowest BCUT2D eigenvalue weighted by atomic mass is 10.2. The second-order valence-electron chi connectivity index (χ2n) is 4.48. The van der Waals surface area contributed by atoms with Gasteiger partial charge in [-0.05, 0) is 24.6 Å². The van der Waals surface area contributed by atoms with Crippen LogP contribution in [0.25, 0.3) is 0 Å². The fraction of sp³-hybridized carbons (Fsp3) is 0.200. The third kappa shape index (κ3) is 4.36. The number of aromatic nitrogens is 1. The van der Waals surface area contributed by atoms with E-state index in [1.54, 1.807) is 18.3 Å². The van der Waals surface area contributed by atoms with Crippen molar-refractivity contribution in [2.24, 2.45) is 0 Å². The van der Waals surface area contributed by atoms with E-state index in [0.29, 0.717) is 12.4 Å². The number of rotatable bonds is 5. The van der Waals surface area contributed by atoms with Gasteiger partial charge >= 0.3 is 0 Å². The third-order valence-electron chi connectivity index (χ3n) is 2.85. The molecule has 0 aliphatic rings. The first kappa shape index (κ1) is 14.6. The fourth-order valence-corrected chi connectivity index (χ4v) is 1.79. The number of pyridine rings is 1. The van der Waals surface area contributed by atoms with Crippen LogP contribution >= 0.6 is 12.6 Å². The topological polar surface area (TPSA) is 54.0 Å². The maximum Gasteiger partial charge on any atom is 0.242 e. The lowest BCUT2D eigenvalue weighted by molar-refractivity contribution is -0.117. The molecule has 0 radical (unpaired) electrons. The Morgan fingerprint density at radius 2 is 2.00 bits per heavy atom. The van der Waals surface area contributed by atoms with E-state index in [0.717, 1.165) is 10.5 Å². The number of hydrogen-bond donors (Lipinski definition) is 3. The van der Waals surface area contributed by atoms with Gasteiger partial charge in [0.15, 0.2) is 0 Å². The molecule has 0 saturated heterocycles. The molecule has 1 heterocycles. The van der Waals surface area contributed by atoms with Gasteiger partial charge in [0.25, 0.3) is 0 Å². The first-order valence-electron chi connectivity index (χ1n) is 6.38. The average molecular weight is 287 g/mol. The van der Waals surface area contributed by atoms with Gasteiger partial charge in [-0.15, -0.1) is 12.6 Å². The van der Waals surface area contributed by atoms with Gasteiger partial charge in [0.05, 0.1) is 6.04 Å². The van der Waals surface area contributed by atoms with E-state index in [9.17, 15) is 4.79 Å². The molecule has 1 unspecified atom stereocenters. The van der Waals surface area contributed by atoms with Crippen LogP contribution in [0.1, 0.15) is 12.5 Å². The van der Waals surface area contributed by atoms with E-state index in [1.807, 2.05) is 37.3 Å². The van der Waals surface area contributed by atoms with Gasteiger partial charge in [-0.2, -0.15) is 0 Å². The summed E-state index contributed by atoms with van der Waals surface area (Å²) in [7, 11) is 0. The minimum atomic E-state index is -0.298. The number of nitrogens with one attached hydrogen (secondary N) is 2. The average Bonchev–Trinajstić information content (AvgIpc) is 2.48. The Balaban J connectivity index is 1.84. The van der Waals surface area contributed by atoms with Crippen molar-refractivity contribution >= 4 is 24.4 Å².